The Balaban J connectivity index is 1.62. The molecule has 2 aromatic carbocycles. The van der Waals surface area contributed by atoms with Gasteiger partial charge in [-0.1, -0.05) is 30.3 Å². The molecule has 0 spiro atoms. The van der Waals surface area contributed by atoms with Crippen molar-refractivity contribution in [3.05, 3.63) is 76.0 Å². The van der Waals surface area contributed by atoms with E-state index >= 15 is 0 Å². The highest BCUT2D eigenvalue weighted by Gasteiger charge is 2.09. The van der Waals surface area contributed by atoms with Crippen molar-refractivity contribution in [2.75, 3.05) is 7.05 Å². The van der Waals surface area contributed by atoms with Crippen molar-refractivity contribution in [3.63, 3.8) is 0 Å². The number of hydrogen-bond donors (Lipinski definition) is 2. The zero-order valence-electron chi connectivity index (χ0n) is 15.2. The number of nitrogens with one attached hydrogen (secondary N) is 2. The smallest absolute Gasteiger partial charge is 0.191 e. The topological polar surface area (TPSA) is 58.5 Å². The average Bonchev–Trinajstić information content (AvgIpc) is 3.10. The van der Waals surface area contributed by atoms with E-state index in [0.29, 0.717) is 24.8 Å². The van der Waals surface area contributed by atoms with Crippen LogP contribution in [-0.2, 0) is 13.1 Å². The number of rotatable bonds is 6. The average molecular weight is 384 g/mol. The predicted octanol–water partition coefficient (Wildman–Crippen LogP) is 4.25. The molecule has 140 valence electrons. The van der Waals surface area contributed by atoms with Crippen LogP contribution in [-0.4, -0.2) is 18.0 Å². The zero-order chi connectivity index (χ0) is 19.1. The van der Waals surface area contributed by atoms with Crippen LogP contribution in [0.25, 0.3) is 0 Å². The molecule has 7 heteroatoms. The van der Waals surface area contributed by atoms with Gasteiger partial charge in [-0.3, -0.25) is 4.99 Å². The van der Waals surface area contributed by atoms with Gasteiger partial charge in [0.1, 0.15) is 10.8 Å². The van der Waals surface area contributed by atoms with Crippen LogP contribution in [0.5, 0.6) is 11.5 Å². The minimum Gasteiger partial charge on any atom is -0.454 e. The molecule has 0 aliphatic carbocycles. The summed E-state index contributed by atoms with van der Waals surface area (Å²) in [5, 5.41) is 7.48. The summed E-state index contributed by atoms with van der Waals surface area (Å²) in [7, 11) is 1.71. The third-order valence-electron chi connectivity index (χ3n) is 3.78. The van der Waals surface area contributed by atoms with Crippen LogP contribution in [0.2, 0.25) is 0 Å². The first-order chi connectivity index (χ1) is 13.2. The molecule has 3 aromatic rings. The fourth-order valence-corrected chi connectivity index (χ4v) is 3.16. The SMILES string of the molecule is CN=C(NCc1ncc(C)s1)NCc1ccccc1Oc1ccccc1F. The Kier molecular flexibility index (Phi) is 6.38. The maximum Gasteiger partial charge on any atom is 0.191 e. The number of benzene rings is 2. The molecule has 1 heterocycles. The lowest BCUT2D eigenvalue weighted by Crippen LogP contribution is -2.36. The van der Waals surface area contributed by atoms with Crippen molar-refractivity contribution in [2.24, 2.45) is 4.99 Å². The van der Waals surface area contributed by atoms with Gasteiger partial charge in [-0.05, 0) is 25.1 Å². The number of ether oxygens (including phenoxy) is 1. The third kappa shape index (κ3) is 5.27. The first-order valence-corrected chi connectivity index (χ1v) is 9.33. The highest BCUT2D eigenvalue weighted by Crippen LogP contribution is 2.27. The number of guanidine groups is 1. The van der Waals surface area contributed by atoms with Gasteiger partial charge in [0.2, 0.25) is 0 Å². The Labute approximate surface area is 162 Å². The number of thiazole rings is 1. The van der Waals surface area contributed by atoms with Crippen molar-refractivity contribution in [2.45, 2.75) is 20.0 Å². The maximum atomic E-state index is 13.9. The molecule has 0 radical (unpaired) electrons. The molecular weight excluding hydrogens is 363 g/mol. The summed E-state index contributed by atoms with van der Waals surface area (Å²) >= 11 is 1.65. The predicted molar refractivity (Wildman–Crippen MR) is 107 cm³/mol. The minimum atomic E-state index is -0.392. The molecular formula is C20H21FN4OS. The largest absolute Gasteiger partial charge is 0.454 e. The number of para-hydroxylation sites is 2. The van der Waals surface area contributed by atoms with Crippen molar-refractivity contribution in [1.82, 2.24) is 15.6 Å². The van der Waals surface area contributed by atoms with Crippen molar-refractivity contribution < 1.29 is 9.13 Å². The van der Waals surface area contributed by atoms with E-state index in [1.165, 1.54) is 10.9 Å². The van der Waals surface area contributed by atoms with E-state index in [1.807, 2.05) is 37.4 Å². The molecule has 0 atom stereocenters. The molecule has 0 fully saturated rings. The summed E-state index contributed by atoms with van der Waals surface area (Å²) in [5.74, 6) is 1.06. The molecule has 0 aliphatic heterocycles. The number of nitrogens with zero attached hydrogens (tertiary/aromatic N) is 2. The van der Waals surface area contributed by atoms with E-state index in [0.717, 1.165) is 10.6 Å². The number of halogens is 1. The lowest BCUT2D eigenvalue weighted by Gasteiger charge is -2.14. The summed E-state index contributed by atoms with van der Waals surface area (Å²) in [6.07, 6.45) is 1.86. The third-order valence-corrected chi connectivity index (χ3v) is 4.69. The summed E-state index contributed by atoms with van der Waals surface area (Å²) in [4.78, 5) is 9.73. The molecule has 3 rings (SSSR count). The number of aromatic nitrogens is 1. The summed E-state index contributed by atoms with van der Waals surface area (Å²) in [5.41, 5.74) is 0.897. The quantitative estimate of drug-likeness (QED) is 0.493. The van der Waals surface area contributed by atoms with E-state index in [1.54, 1.807) is 36.6 Å². The van der Waals surface area contributed by atoms with Gasteiger partial charge in [-0.2, -0.15) is 0 Å². The van der Waals surface area contributed by atoms with Gasteiger partial charge in [-0.25, -0.2) is 9.37 Å². The van der Waals surface area contributed by atoms with Crippen LogP contribution in [0.4, 0.5) is 4.39 Å². The molecule has 2 N–H and O–H groups in total. The number of aryl methyl sites for hydroxylation is 1. The van der Waals surface area contributed by atoms with Crippen LogP contribution in [0.3, 0.4) is 0 Å². The molecule has 0 aliphatic rings. The van der Waals surface area contributed by atoms with Crippen LogP contribution < -0.4 is 15.4 Å². The minimum absolute atomic E-state index is 0.201. The van der Waals surface area contributed by atoms with E-state index < -0.39 is 5.82 Å². The first kappa shape index (κ1) is 18.8. The molecule has 27 heavy (non-hydrogen) atoms. The monoisotopic (exact) mass is 384 g/mol. The molecule has 0 saturated carbocycles. The second kappa shape index (κ2) is 9.14. The van der Waals surface area contributed by atoms with E-state index in [-0.39, 0.29) is 5.75 Å². The highest BCUT2D eigenvalue weighted by atomic mass is 32.1. The van der Waals surface area contributed by atoms with Gasteiger partial charge in [0.15, 0.2) is 17.5 Å². The number of aliphatic imine (C=N–C) groups is 1. The summed E-state index contributed by atoms with van der Waals surface area (Å²) < 4.78 is 19.6. The molecule has 0 bridgehead atoms. The Morgan fingerprint density at radius 2 is 1.78 bits per heavy atom. The van der Waals surface area contributed by atoms with E-state index in [2.05, 4.69) is 20.6 Å². The Bertz CT molecular complexity index is 926. The number of hydrogen-bond acceptors (Lipinski definition) is 4. The first-order valence-electron chi connectivity index (χ1n) is 8.52. The zero-order valence-corrected chi connectivity index (χ0v) is 16.0. The normalized spacial score (nSPS) is 11.3. The van der Waals surface area contributed by atoms with Crippen molar-refractivity contribution in [1.29, 1.82) is 0 Å². The van der Waals surface area contributed by atoms with E-state index in [9.17, 15) is 4.39 Å². The molecule has 0 unspecified atom stereocenters. The van der Waals surface area contributed by atoms with Gasteiger partial charge in [0.05, 0.1) is 6.54 Å². The summed E-state index contributed by atoms with van der Waals surface area (Å²) in [6, 6.07) is 13.9. The van der Waals surface area contributed by atoms with Crippen LogP contribution >= 0.6 is 11.3 Å². The van der Waals surface area contributed by atoms with Gasteiger partial charge < -0.3 is 15.4 Å². The molecule has 1 aromatic heterocycles. The van der Waals surface area contributed by atoms with Gasteiger partial charge in [0, 0.05) is 30.2 Å². The van der Waals surface area contributed by atoms with Gasteiger partial charge in [-0.15, -0.1) is 11.3 Å². The van der Waals surface area contributed by atoms with E-state index in [4.69, 9.17) is 4.74 Å². The second-order valence-electron chi connectivity index (χ2n) is 5.78. The van der Waals surface area contributed by atoms with Crippen molar-refractivity contribution in [3.8, 4) is 11.5 Å². The standard InChI is InChI=1S/C20H21FN4OS/c1-14-11-23-19(27-14)13-25-20(22-2)24-12-15-7-3-5-9-17(15)26-18-10-6-4-8-16(18)21/h3-11H,12-13H2,1-2H3,(H2,22,24,25). The van der Waals surface area contributed by atoms with Gasteiger partial charge >= 0.3 is 0 Å². The fraction of sp³-hybridized carbons (Fsp3) is 0.200. The highest BCUT2D eigenvalue weighted by molar-refractivity contribution is 7.11. The fourth-order valence-electron chi connectivity index (χ4n) is 2.44. The van der Waals surface area contributed by atoms with Crippen LogP contribution in [0.1, 0.15) is 15.4 Å². The lowest BCUT2D eigenvalue weighted by molar-refractivity contribution is 0.437. The van der Waals surface area contributed by atoms with Crippen LogP contribution in [0, 0.1) is 12.7 Å². The van der Waals surface area contributed by atoms with Crippen molar-refractivity contribution >= 4 is 17.3 Å². The Hall–Kier alpha value is -2.93. The van der Waals surface area contributed by atoms with Crippen LogP contribution in [0.15, 0.2) is 59.7 Å². The molecule has 0 amide bonds. The maximum absolute atomic E-state index is 13.9. The second-order valence-corrected chi connectivity index (χ2v) is 7.10. The molecule has 0 saturated heterocycles. The lowest BCUT2D eigenvalue weighted by atomic mass is 10.2. The van der Waals surface area contributed by atoms with Gasteiger partial charge in [0.25, 0.3) is 0 Å². The Morgan fingerprint density at radius 3 is 2.48 bits per heavy atom. The summed E-state index contributed by atoms with van der Waals surface area (Å²) in [6.45, 7) is 3.12. The molecule has 5 nitrogen and oxygen atoms in total. The Morgan fingerprint density at radius 1 is 1.07 bits per heavy atom.